The number of hydrogen-bond donors (Lipinski definition) is 1. The van der Waals surface area contributed by atoms with Gasteiger partial charge in [-0.25, -0.2) is 0 Å². The summed E-state index contributed by atoms with van der Waals surface area (Å²) in [5.41, 5.74) is 6.13. The number of carbonyl (C=O) groups excluding carboxylic acids is 1. The molecule has 2 aliphatic rings. The zero-order chi connectivity index (χ0) is 19.3. The molecule has 2 aromatic carbocycles. The lowest BCUT2D eigenvalue weighted by atomic mass is 9.90. The number of aryl methyl sites for hydroxylation is 2. The second-order valence-electron chi connectivity index (χ2n) is 8.00. The molecule has 4 rings (SSSR count). The molecule has 2 aromatic rings. The van der Waals surface area contributed by atoms with Crippen molar-refractivity contribution in [2.45, 2.75) is 39.0 Å². The van der Waals surface area contributed by atoms with Crippen LogP contribution >= 0.6 is 0 Å². The molecule has 0 radical (unpaired) electrons. The average Bonchev–Trinajstić information content (AvgIpc) is 2.74. The van der Waals surface area contributed by atoms with Crippen molar-refractivity contribution in [3.05, 3.63) is 59.2 Å². The Morgan fingerprint density at radius 3 is 2.36 bits per heavy atom. The van der Waals surface area contributed by atoms with Crippen molar-refractivity contribution in [1.29, 1.82) is 0 Å². The second-order valence-corrected chi connectivity index (χ2v) is 8.00. The van der Waals surface area contributed by atoms with E-state index in [2.05, 4.69) is 52.4 Å². The Bertz CT molecular complexity index is 807. The van der Waals surface area contributed by atoms with Crippen molar-refractivity contribution in [3.63, 3.8) is 0 Å². The van der Waals surface area contributed by atoms with Crippen LogP contribution in [0, 0.1) is 0 Å². The van der Waals surface area contributed by atoms with Crippen molar-refractivity contribution in [1.82, 2.24) is 4.90 Å². The van der Waals surface area contributed by atoms with Crippen LogP contribution in [0.1, 0.15) is 36.5 Å². The third-order valence-corrected chi connectivity index (χ3v) is 6.11. The van der Waals surface area contributed by atoms with Gasteiger partial charge in [-0.1, -0.05) is 25.1 Å². The maximum absolute atomic E-state index is 12.5. The minimum atomic E-state index is 0.0556. The van der Waals surface area contributed by atoms with Crippen LogP contribution in [0.2, 0.25) is 0 Å². The molecule has 0 atom stereocenters. The fraction of sp³-hybridized carbons (Fsp3) is 0.458. The number of rotatable bonds is 5. The van der Waals surface area contributed by atoms with E-state index < -0.39 is 0 Å². The van der Waals surface area contributed by atoms with Gasteiger partial charge in [-0.3, -0.25) is 4.79 Å². The number of nitrogens with one attached hydrogen (secondary N) is 1. The largest absolute Gasteiger partial charge is 0.369 e. The SMILES string of the molecule is CCN1CCN(c2ccc(NC(=O)Cc3ccc4c(c3)CCCC4)cc2)CC1. The van der Waals surface area contributed by atoms with Crippen LogP contribution in [-0.2, 0) is 24.1 Å². The van der Waals surface area contributed by atoms with E-state index in [4.69, 9.17) is 0 Å². The molecule has 0 unspecified atom stereocenters. The lowest BCUT2D eigenvalue weighted by Crippen LogP contribution is -2.46. The van der Waals surface area contributed by atoms with E-state index in [1.807, 2.05) is 12.1 Å². The summed E-state index contributed by atoms with van der Waals surface area (Å²) in [6.07, 6.45) is 5.33. The molecule has 1 fully saturated rings. The maximum atomic E-state index is 12.5. The predicted molar refractivity (Wildman–Crippen MR) is 116 cm³/mol. The number of likely N-dealkylation sites (N-methyl/N-ethyl adjacent to an activating group) is 1. The van der Waals surface area contributed by atoms with Crippen LogP contribution in [0.15, 0.2) is 42.5 Å². The van der Waals surface area contributed by atoms with Crippen LogP contribution in [0.25, 0.3) is 0 Å². The molecule has 4 nitrogen and oxygen atoms in total. The fourth-order valence-corrected chi connectivity index (χ4v) is 4.37. The third-order valence-electron chi connectivity index (χ3n) is 6.11. The van der Waals surface area contributed by atoms with E-state index in [1.165, 1.54) is 36.1 Å². The van der Waals surface area contributed by atoms with Crippen molar-refractivity contribution in [2.75, 3.05) is 42.9 Å². The third kappa shape index (κ3) is 4.56. The lowest BCUT2D eigenvalue weighted by molar-refractivity contribution is -0.115. The normalized spacial score (nSPS) is 17.2. The van der Waals surface area contributed by atoms with E-state index in [1.54, 1.807) is 0 Å². The first-order chi connectivity index (χ1) is 13.7. The van der Waals surface area contributed by atoms with Gasteiger partial charge in [0.1, 0.15) is 0 Å². The van der Waals surface area contributed by atoms with Gasteiger partial charge in [-0.15, -0.1) is 0 Å². The number of piperazine rings is 1. The summed E-state index contributed by atoms with van der Waals surface area (Å²) >= 11 is 0. The highest BCUT2D eigenvalue weighted by molar-refractivity contribution is 5.92. The summed E-state index contributed by atoms with van der Waals surface area (Å²) < 4.78 is 0. The van der Waals surface area contributed by atoms with Gasteiger partial charge in [0.25, 0.3) is 0 Å². The van der Waals surface area contributed by atoms with E-state index in [9.17, 15) is 4.79 Å². The quantitative estimate of drug-likeness (QED) is 0.859. The number of benzene rings is 2. The first-order valence-corrected chi connectivity index (χ1v) is 10.7. The molecule has 1 aliphatic carbocycles. The van der Waals surface area contributed by atoms with Crippen molar-refractivity contribution >= 4 is 17.3 Å². The first-order valence-electron chi connectivity index (χ1n) is 10.7. The van der Waals surface area contributed by atoms with Gasteiger partial charge < -0.3 is 15.1 Å². The smallest absolute Gasteiger partial charge is 0.228 e. The van der Waals surface area contributed by atoms with Crippen LogP contribution < -0.4 is 10.2 Å². The standard InChI is InChI=1S/C24H31N3O/c1-2-26-13-15-27(16-14-26)23-11-9-22(10-12-23)25-24(28)18-19-7-8-20-5-3-4-6-21(20)17-19/h7-12,17H,2-6,13-16,18H2,1H3,(H,25,28). The summed E-state index contributed by atoms with van der Waals surface area (Å²) in [4.78, 5) is 17.4. The summed E-state index contributed by atoms with van der Waals surface area (Å²) in [6, 6.07) is 14.8. The molecule has 0 spiro atoms. The molecule has 0 aromatic heterocycles. The minimum absolute atomic E-state index is 0.0556. The summed E-state index contributed by atoms with van der Waals surface area (Å²) in [5.74, 6) is 0.0556. The number of fused-ring (bicyclic) bond motifs is 1. The molecule has 1 saturated heterocycles. The zero-order valence-electron chi connectivity index (χ0n) is 16.9. The lowest BCUT2D eigenvalue weighted by Gasteiger charge is -2.35. The molecule has 0 saturated carbocycles. The molecule has 1 amide bonds. The Balaban J connectivity index is 1.32. The Morgan fingerprint density at radius 1 is 0.929 bits per heavy atom. The highest BCUT2D eigenvalue weighted by Crippen LogP contribution is 2.23. The van der Waals surface area contributed by atoms with Crippen molar-refractivity contribution in [2.24, 2.45) is 0 Å². The maximum Gasteiger partial charge on any atom is 0.228 e. The Morgan fingerprint density at radius 2 is 1.64 bits per heavy atom. The fourth-order valence-electron chi connectivity index (χ4n) is 4.37. The van der Waals surface area contributed by atoms with Gasteiger partial charge in [0.15, 0.2) is 0 Å². The first kappa shape index (κ1) is 19.0. The average molecular weight is 378 g/mol. The molecular weight excluding hydrogens is 346 g/mol. The van der Waals surface area contributed by atoms with Gasteiger partial charge >= 0.3 is 0 Å². The summed E-state index contributed by atoms with van der Waals surface area (Å²) in [5, 5.41) is 3.05. The zero-order valence-corrected chi connectivity index (χ0v) is 16.9. The Kier molecular flexibility index (Phi) is 5.96. The van der Waals surface area contributed by atoms with E-state index in [0.717, 1.165) is 50.4 Å². The van der Waals surface area contributed by atoms with Crippen LogP contribution in [-0.4, -0.2) is 43.5 Å². The van der Waals surface area contributed by atoms with Crippen LogP contribution in [0.3, 0.4) is 0 Å². The molecule has 0 bridgehead atoms. The molecule has 1 aliphatic heterocycles. The minimum Gasteiger partial charge on any atom is -0.369 e. The van der Waals surface area contributed by atoms with Crippen LogP contribution in [0.5, 0.6) is 0 Å². The van der Waals surface area contributed by atoms with Gasteiger partial charge in [0.2, 0.25) is 5.91 Å². The monoisotopic (exact) mass is 377 g/mol. The highest BCUT2D eigenvalue weighted by atomic mass is 16.1. The highest BCUT2D eigenvalue weighted by Gasteiger charge is 2.16. The van der Waals surface area contributed by atoms with Gasteiger partial charge in [0.05, 0.1) is 6.42 Å². The van der Waals surface area contributed by atoms with Gasteiger partial charge in [0, 0.05) is 37.6 Å². The van der Waals surface area contributed by atoms with E-state index >= 15 is 0 Å². The number of hydrogen-bond acceptors (Lipinski definition) is 3. The molecule has 1 heterocycles. The number of carbonyl (C=O) groups is 1. The van der Waals surface area contributed by atoms with Gasteiger partial charge in [-0.05, 0) is 73.2 Å². The van der Waals surface area contributed by atoms with Gasteiger partial charge in [-0.2, -0.15) is 0 Å². The van der Waals surface area contributed by atoms with Crippen molar-refractivity contribution < 1.29 is 4.79 Å². The molecule has 1 N–H and O–H groups in total. The summed E-state index contributed by atoms with van der Waals surface area (Å²) in [7, 11) is 0. The Hall–Kier alpha value is -2.33. The van der Waals surface area contributed by atoms with Crippen LogP contribution in [0.4, 0.5) is 11.4 Å². The topological polar surface area (TPSA) is 35.6 Å². The van der Waals surface area contributed by atoms with Crippen molar-refractivity contribution in [3.8, 4) is 0 Å². The molecule has 4 heteroatoms. The van der Waals surface area contributed by atoms with E-state index in [0.29, 0.717) is 6.42 Å². The number of nitrogens with zero attached hydrogens (tertiary/aromatic N) is 2. The molecular formula is C24H31N3O. The second kappa shape index (κ2) is 8.78. The number of anilines is 2. The van der Waals surface area contributed by atoms with E-state index in [-0.39, 0.29) is 5.91 Å². The molecule has 28 heavy (non-hydrogen) atoms. The number of amides is 1. The Labute approximate surface area is 168 Å². The molecule has 148 valence electrons. The predicted octanol–water partition coefficient (Wildman–Crippen LogP) is 3.89. The summed E-state index contributed by atoms with van der Waals surface area (Å²) in [6.45, 7) is 7.72.